The van der Waals surface area contributed by atoms with Gasteiger partial charge in [0.1, 0.15) is 6.61 Å². The molecule has 0 aromatic rings. The topological polar surface area (TPSA) is 72.8 Å². The minimum absolute atomic E-state index is 0.0754. The van der Waals surface area contributed by atoms with Gasteiger partial charge in [0.15, 0.2) is 6.10 Å². The highest BCUT2D eigenvalue weighted by Gasteiger charge is 2.16. The van der Waals surface area contributed by atoms with Gasteiger partial charge in [-0.3, -0.25) is 9.59 Å². The molecule has 0 amide bonds. The molecule has 1 N–H and O–H groups in total. The molecule has 0 heterocycles. The largest absolute Gasteiger partial charge is 0.462 e. The lowest BCUT2D eigenvalue weighted by Gasteiger charge is -2.15. The van der Waals surface area contributed by atoms with Gasteiger partial charge in [0.05, 0.1) is 6.61 Å². The summed E-state index contributed by atoms with van der Waals surface area (Å²) in [5, 5.41) is 9.66. The molecule has 0 rings (SSSR count). The van der Waals surface area contributed by atoms with E-state index in [1.165, 1.54) is 116 Å². The van der Waals surface area contributed by atoms with Crippen LogP contribution in [0.1, 0.15) is 245 Å². The van der Waals surface area contributed by atoms with Crippen LogP contribution in [-0.4, -0.2) is 36.4 Å². The van der Waals surface area contributed by atoms with Crippen LogP contribution >= 0.6 is 0 Å². The van der Waals surface area contributed by atoms with Gasteiger partial charge in [-0.05, 0) is 103 Å². The fourth-order valence-electron chi connectivity index (χ4n) is 7.61. The Hall–Kier alpha value is -3.70. The van der Waals surface area contributed by atoms with E-state index in [9.17, 15) is 14.7 Å². The van der Waals surface area contributed by atoms with E-state index in [0.717, 1.165) is 103 Å². The number of hydrogen-bond donors (Lipinski definition) is 1. The standard InChI is InChI=1S/C63H104O5/c1-3-5-7-9-11-13-15-17-19-21-23-25-27-29-30-31-32-34-36-38-40-42-44-46-48-50-52-54-56-58-63(66)68-61(59-64)60-67-62(65)57-55-53-51-49-47-45-43-41-39-37-35-33-28-26-24-22-20-18-16-14-12-10-8-6-4-2/h5-8,11-14,17-20,23-26,29-30,33,35,61,64H,3-4,9-10,15-16,21-22,27-28,31-32,34,36-60H2,1-2H3/b7-5-,8-6-,13-11-,14-12-,19-17-,20-18-,25-23-,26-24-,30-29-,35-33-. The predicted octanol–water partition coefficient (Wildman–Crippen LogP) is 19.1. The minimum Gasteiger partial charge on any atom is -0.462 e. The van der Waals surface area contributed by atoms with E-state index in [0.29, 0.717) is 12.8 Å². The Bertz CT molecular complexity index is 1390. The highest BCUT2D eigenvalue weighted by atomic mass is 16.6. The summed E-state index contributed by atoms with van der Waals surface area (Å²) in [5.74, 6) is -0.602. The third kappa shape index (κ3) is 54.9. The Morgan fingerprint density at radius 3 is 0.882 bits per heavy atom. The van der Waals surface area contributed by atoms with Gasteiger partial charge < -0.3 is 14.6 Å². The van der Waals surface area contributed by atoms with Crippen LogP contribution in [0.3, 0.4) is 0 Å². The van der Waals surface area contributed by atoms with Crippen LogP contribution in [-0.2, 0) is 19.1 Å². The molecule has 0 aromatic carbocycles. The summed E-state index contributed by atoms with van der Waals surface area (Å²) in [6.45, 7) is 3.91. The summed E-state index contributed by atoms with van der Waals surface area (Å²) >= 11 is 0. The van der Waals surface area contributed by atoms with Crippen molar-refractivity contribution in [3.63, 3.8) is 0 Å². The van der Waals surface area contributed by atoms with Crippen LogP contribution in [0.2, 0.25) is 0 Å². The zero-order chi connectivity index (χ0) is 49.2. The molecule has 1 atom stereocenters. The highest BCUT2D eigenvalue weighted by Crippen LogP contribution is 2.15. The van der Waals surface area contributed by atoms with Crippen molar-refractivity contribution in [3.05, 3.63) is 122 Å². The Morgan fingerprint density at radius 1 is 0.338 bits per heavy atom. The van der Waals surface area contributed by atoms with Crippen LogP contribution in [0.25, 0.3) is 0 Å². The third-order valence-electron chi connectivity index (χ3n) is 11.8. The van der Waals surface area contributed by atoms with E-state index in [1.807, 2.05) is 0 Å². The molecule has 0 aliphatic rings. The number of rotatable bonds is 50. The van der Waals surface area contributed by atoms with Gasteiger partial charge in [0.25, 0.3) is 0 Å². The van der Waals surface area contributed by atoms with E-state index in [-0.39, 0.29) is 25.2 Å². The average molecular weight is 942 g/mol. The quantitative estimate of drug-likeness (QED) is 0.0374. The van der Waals surface area contributed by atoms with E-state index >= 15 is 0 Å². The molecule has 68 heavy (non-hydrogen) atoms. The molecule has 0 aromatic heterocycles. The van der Waals surface area contributed by atoms with Gasteiger partial charge >= 0.3 is 11.9 Å². The molecule has 0 spiro atoms. The molecule has 5 heteroatoms. The maximum absolute atomic E-state index is 12.3. The lowest BCUT2D eigenvalue weighted by molar-refractivity contribution is -0.161. The first-order valence-electron chi connectivity index (χ1n) is 28.1. The van der Waals surface area contributed by atoms with Crippen molar-refractivity contribution in [3.8, 4) is 0 Å². The van der Waals surface area contributed by atoms with Gasteiger partial charge in [-0.15, -0.1) is 0 Å². The second-order valence-electron chi connectivity index (χ2n) is 18.2. The van der Waals surface area contributed by atoms with Crippen LogP contribution in [0.5, 0.6) is 0 Å². The Kier molecular flexibility index (Phi) is 54.5. The molecule has 386 valence electrons. The predicted molar refractivity (Wildman–Crippen MR) is 297 cm³/mol. The fourth-order valence-corrected chi connectivity index (χ4v) is 7.61. The average Bonchev–Trinajstić information content (AvgIpc) is 3.34. The number of carbonyl (C=O) groups is 2. The van der Waals surface area contributed by atoms with Gasteiger partial charge in [0, 0.05) is 12.8 Å². The maximum atomic E-state index is 12.3. The minimum atomic E-state index is -0.784. The molecule has 0 aliphatic carbocycles. The zero-order valence-corrected chi connectivity index (χ0v) is 44.1. The monoisotopic (exact) mass is 941 g/mol. The van der Waals surface area contributed by atoms with Gasteiger partial charge in [-0.1, -0.05) is 251 Å². The van der Waals surface area contributed by atoms with Gasteiger partial charge in [0.2, 0.25) is 0 Å². The number of unbranched alkanes of at least 4 members (excludes halogenated alkanes) is 22. The molecular weight excluding hydrogens is 837 g/mol. The smallest absolute Gasteiger partial charge is 0.306 e. The molecule has 0 fully saturated rings. The first-order valence-corrected chi connectivity index (χ1v) is 28.1. The van der Waals surface area contributed by atoms with Crippen LogP contribution in [0, 0.1) is 0 Å². The number of aliphatic hydroxyl groups is 1. The van der Waals surface area contributed by atoms with Crippen LogP contribution < -0.4 is 0 Å². The lowest BCUT2D eigenvalue weighted by atomic mass is 10.0. The number of allylic oxidation sites excluding steroid dienone is 20. The Morgan fingerprint density at radius 2 is 0.588 bits per heavy atom. The molecule has 0 saturated carbocycles. The van der Waals surface area contributed by atoms with Crippen molar-refractivity contribution in [2.75, 3.05) is 13.2 Å². The lowest BCUT2D eigenvalue weighted by Crippen LogP contribution is -2.28. The summed E-state index contributed by atoms with van der Waals surface area (Å²) < 4.78 is 10.7. The summed E-state index contributed by atoms with van der Waals surface area (Å²) in [7, 11) is 0. The number of ether oxygens (including phenoxy) is 2. The van der Waals surface area contributed by atoms with Crippen LogP contribution in [0.15, 0.2) is 122 Å². The molecule has 0 saturated heterocycles. The van der Waals surface area contributed by atoms with Crippen molar-refractivity contribution in [2.24, 2.45) is 0 Å². The highest BCUT2D eigenvalue weighted by molar-refractivity contribution is 5.70. The number of esters is 2. The maximum Gasteiger partial charge on any atom is 0.306 e. The number of carbonyl (C=O) groups excluding carboxylic acids is 2. The summed E-state index contributed by atoms with van der Waals surface area (Å²) in [4.78, 5) is 24.5. The normalized spacial score (nSPS) is 13.2. The SMILES string of the molecule is CC/C=C\C/C=C\C/C=C\C/C=C\C/C=C\CCCCCCCCCCCCCCCC(=O)OC(CO)COC(=O)CCCCCCCCCCC/C=C\C/C=C\C/C=C\C/C=C\C/C=C\CC. The Labute approximate surface area is 420 Å². The van der Waals surface area contributed by atoms with Crippen molar-refractivity contribution in [1.82, 2.24) is 0 Å². The fraction of sp³-hybridized carbons (Fsp3) is 0.651. The number of hydrogen-bond acceptors (Lipinski definition) is 5. The zero-order valence-electron chi connectivity index (χ0n) is 44.1. The van der Waals surface area contributed by atoms with E-state index in [2.05, 4.69) is 135 Å². The van der Waals surface area contributed by atoms with E-state index in [4.69, 9.17) is 9.47 Å². The summed E-state index contributed by atoms with van der Waals surface area (Å²) in [5.41, 5.74) is 0. The first-order chi connectivity index (χ1) is 33.6. The van der Waals surface area contributed by atoms with Crippen LogP contribution in [0.4, 0.5) is 0 Å². The van der Waals surface area contributed by atoms with Crippen molar-refractivity contribution in [1.29, 1.82) is 0 Å². The third-order valence-corrected chi connectivity index (χ3v) is 11.8. The number of aliphatic hydroxyl groups excluding tert-OH is 1. The summed E-state index contributed by atoms with van der Waals surface area (Å²) in [6.07, 6.45) is 84.5. The molecule has 1 unspecified atom stereocenters. The van der Waals surface area contributed by atoms with Crippen molar-refractivity contribution in [2.45, 2.75) is 251 Å². The Balaban J connectivity index is 3.54. The van der Waals surface area contributed by atoms with Gasteiger partial charge in [-0.25, -0.2) is 0 Å². The van der Waals surface area contributed by atoms with Crippen molar-refractivity contribution >= 4 is 11.9 Å². The molecule has 0 bridgehead atoms. The molecule has 0 aliphatic heterocycles. The van der Waals surface area contributed by atoms with E-state index in [1.54, 1.807) is 0 Å². The first kappa shape index (κ1) is 64.3. The van der Waals surface area contributed by atoms with E-state index < -0.39 is 6.10 Å². The molecule has 0 radical (unpaired) electrons. The van der Waals surface area contributed by atoms with Crippen molar-refractivity contribution < 1.29 is 24.2 Å². The second kappa shape index (κ2) is 57.6. The second-order valence-corrected chi connectivity index (χ2v) is 18.2. The molecular formula is C63H104O5. The summed E-state index contributed by atoms with van der Waals surface area (Å²) in [6, 6.07) is 0. The molecule has 5 nitrogen and oxygen atoms in total. The van der Waals surface area contributed by atoms with Gasteiger partial charge in [-0.2, -0.15) is 0 Å².